The van der Waals surface area contributed by atoms with Crippen molar-refractivity contribution in [2.75, 3.05) is 7.11 Å². The summed E-state index contributed by atoms with van der Waals surface area (Å²) in [7, 11) is 1.62. The molecule has 0 unspecified atom stereocenters. The van der Waals surface area contributed by atoms with Gasteiger partial charge in [0.2, 0.25) is 5.90 Å². The Balaban J connectivity index is 2.26. The van der Waals surface area contributed by atoms with E-state index in [1.54, 1.807) is 13.2 Å². The maximum absolute atomic E-state index is 10.9. The molecule has 2 aromatic rings. The molecule has 0 amide bonds. The number of hydrogen-bond acceptors (Lipinski definition) is 3. The van der Waals surface area contributed by atoms with Crippen LogP contribution in [0, 0.1) is 0 Å². The number of carboxylic acids is 1. The minimum absolute atomic E-state index is 0.559. The zero-order valence-electron chi connectivity index (χ0n) is 16.7. The number of aryl methyl sites for hydroxylation is 1. The average Bonchev–Trinajstić information content (AvgIpc) is 2.71. The largest absolute Gasteiger partial charge is 0.481 e. The zero-order valence-corrected chi connectivity index (χ0v) is 16.7. The number of aliphatic carboxylic acids is 1. The number of unbranched alkanes of at least 4 members (excludes halogenated alkanes) is 4. The summed E-state index contributed by atoms with van der Waals surface area (Å²) in [5, 5.41) is 8.95. The van der Waals surface area contributed by atoms with Gasteiger partial charge in [0.1, 0.15) is 0 Å². The van der Waals surface area contributed by atoms with Gasteiger partial charge in [-0.25, -0.2) is 9.79 Å². The van der Waals surface area contributed by atoms with Crippen molar-refractivity contribution in [1.82, 2.24) is 0 Å². The molecular weight excluding hydrogens is 350 g/mol. The first-order valence-electron chi connectivity index (χ1n) is 9.86. The van der Waals surface area contributed by atoms with E-state index in [9.17, 15) is 4.79 Å². The maximum atomic E-state index is 10.9. The fourth-order valence-electron chi connectivity index (χ4n) is 3.05. The smallest absolute Gasteiger partial charge is 0.328 e. The van der Waals surface area contributed by atoms with E-state index in [2.05, 4.69) is 11.9 Å². The predicted octanol–water partition coefficient (Wildman–Crippen LogP) is 6.02. The Labute approximate surface area is 167 Å². The highest BCUT2D eigenvalue weighted by molar-refractivity contribution is 5.95. The first-order valence-corrected chi connectivity index (χ1v) is 9.86. The number of aliphatic imine (C=N–C) groups is 1. The zero-order chi connectivity index (χ0) is 20.2. The van der Waals surface area contributed by atoms with Crippen LogP contribution in [0.1, 0.15) is 55.7 Å². The molecule has 4 heteroatoms. The second kappa shape index (κ2) is 11.8. The second-order valence-electron chi connectivity index (χ2n) is 6.71. The highest BCUT2D eigenvalue weighted by Gasteiger charge is 2.06. The van der Waals surface area contributed by atoms with Crippen molar-refractivity contribution in [3.63, 3.8) is 0 Å². The molecule has 2 aromatic carbocycles. The molecule has 0 aliphatic rings. The fourth-order valence-corrected chi connectivity index (χ4v) is 3.05. The minimum Gasteiger partial charge on any atom is -0.481 e. The monoisotopic (exact) mass is 379 g/mol. The summed E-state index contributed by atoms with van der Waals surface area (Å²) >= 11 is 0. The standard InChI is InChI=1S/C24H29NO3/c1-3-4-5-6-8-13-21-18-22(16-14-19(21)15-17-23(26)27)25-24(28-2)20-11-9-7-10-12-20/h7,9-12,14-18H,3-6,8,13H2,1-2H3,(H,26,27). The van der Waals surface area contributed by atoms with Crippen molar-refractivity contribution in [3.05, 3.63) is 71.3 Å². The van der Waals surface area contributed by atoms with Crippen molar-refractivity contribution >= 4 is 23.6 Å². The lowest BCUT2D eigenvalue weighted by molar-refractivity contribution is -0.131. The van der Waals surface area contributed by atoms with Gasteiger partial charge in [-0.3, -0.25) is 0 Å². The summed E-state index contributed by atoms with van der Waals surface area (Å²) in [5.41, 5.74) is 3.76. The molecule has 0 aromatic heterocycles. The molecule has 28 heavy (non-hydrogen) atoms. The minimum atomic E-state index is -0.943. The van der Waals surface area contributed by atoms with Crippen molar-refractivity contribution in [2.24, 2.45) is 4.99 Å². The lowest BCUT2D eigenvalue weighted by Crippen LogP contribution is -2.02. The molecule has 0 aliphatic carbocycles. The highest BCUT2D eigenvalue weighted by atomic mass is 16.5. The molecule has 0 bridgehead atoms. The number of carboxylic acid groups (broad SMARTS) is 1. The number of carbonyl (C=O) groups is 1. The normalized spacial score (nSPS) is 11.7. The third-order valence-electron chi connectivity index (χ3n) is 4.53. The quantitative estimate of drug-likeness (QED) is 0.238. The molecule has 1 N–H and O–H groups in total. The molecule has 2 rings (SSSR count). The van der Waals surface area contributed by atoms with Crippen LogP contribution in [0.4, 0.5) is 5.69 Å². The molecule has 0 aliphatic heterocycles. The molecule has 0 atom stereocenters. The number of ether oxygens (including phenoxy) is 1. The molecule has 0 heterocycles. The molecule has 148 valence electrons. The van der Waals surface area contributed by atoms with Gasteiger partial charge < -0.3 is 9.84 Å². The van der Waals surface area contributed by atoms with Crippen molar-refractivity contribution in [1.29, 1.82) is 0 Å². The van der Waals surface area contributed by atoms with Gasteiger partial charge in [0.05, 0.1) is 12.8 Å². The fraction of sp³-hybridized carbons (Fsp3) is 0.333. The summed E-state index contributed by atoms with van der Waals surface area (Å²) in [6.45, 7) is 2.20. The van der Waals surface area contributed by atoms with Gasteiger partial charge >= 0.3 is 5.97 Å². The Morgan fingerprint density at radius 2 is 1.82 bits per heavy atom. The first kappa shape index (κ1) is 21.4. The van der Waals surface area contributed by atoms with Gasteiger partial charge in [0, 0.05) is 11.6 Å². The van der Waals surface area contributed by atoms with E-state index >= 15 is 0 Å². The molecule has 4 nitrogen and oxygen atoms in total. The molecular formula is C24H29NO3. The number of benzene rings is 2. The summed E-state index contributed by atoms with van der Waals surface area (Å²) in [5.74, 6) is -0.384. The number of rotatable bonds is 10. The molecule has 0 fully saturated rings. The van der Waals surface area contributed by atoms with Crippen LogP contribution in [0.5, 0.6) is 0 Å². The summed E-state index contributed by atoms with van der Waals surface area (Å²) in [4.78, 5) is 15.6. The number of methoxy groups -OCH3 is 1. The third-order valence-corrected chi connectivity index (χ3v) is 4.53. The van der Waals surface area contributed by atoms with Gasteiger partial charge in [-0.1, -0.05) is 56.9 Å². The Morgan fingerprint density at radius 3 is 2.50 bits per heavy atom. The van der Waals surface area contributed by atoms with Crippen molar-refractivity contribution < 1.29 is 14.6 Å². The Kier molecular flexibility index (Phi) is 8.99. The average molecular weight is 380 g/mol. The molecule has 0 saturated heterocycles. The van der Waals surface area contributed by atoms with Crippen LogP contribution in [0.25, 0.3) is 6.08 Å². The first-order chi connectivity index (χ1) is 13.6. The maximum Gasteiger partial charge on any atom is 0.328 e. The van der Waals surface area contributed by atoms with Gasteiger partial charge in [0.15, 0.2) is 0 Å². The SMILES string of the molecule is CCCCCCCc1cc(N=C(OC)c2ccccc2)ccc1C=CC(=O)O. The third kappa shape index (κ3) is 7.03. The van der Waals surface area contributed by atoms with Crippen LogP contribution in [-0.4, -0.2) is 24.1 Å². The van der Waals surface area contributed by atoms with Gasteiger partial charge in [-0.15, -0.1) is 0 Å². The molecule has 0 radical (unpaired) electrons. The van der Waals surface area contributed by atoms with Gasteiger partial charge in [-0.05, 0) is 54.3 Å². The summed E-state index contributed by atoms with van der Waals surface area (Å²) < 4.78 is 5.47. The summed E-state index contributed by atoms with van der Waals surface area (Å²) in [6, 6.07) is 15.6. The van der Waals surface area contributed by atoms with Crippen LogP contribution in [0.15, 0.2) is 59.6 Å². The van der Waals surface area contributed by atoms with Gasteiger partial charge in [0.25, 0.3) is 0 Å². The van der Waals surface area contributed by atoms with E-state index in [-0.39, 0.29) is 0 Å². The van der Waals surface area contributed by atoms with Crippen molar-refractivity contribution in [2.45, 2.75) is 45.4 Å². The van der Waals surface area contributed by atoms with Crippen LogP contribution in [0.2, 0.25) is 0 Å². The second-order valence-corrected chi connectivity index (χ2v) is 6.71. The lowest BCUT2D eigenvalue weighted by atomic mass is 9.99. The van der Waals surface area contributed by atoms with E-state index in [0.29, 0.717) is 5.90 Å². The lowest BCUT2D eigenvalue weighted by Gasteiger charge is -2.09. The van der Waals surface area contributed by atoms with Gasteiger partial charge in [-0.2, -0.15) is 0 Å². The van der Waals surface area contributed by atoms with Crippen LogP contribution in [-0.2, 0) is 16.0 Å². The Morgan fingerprint density at radius 1 is 1.07 bits per heavy atom. The van der Waals surface area contributed by atoms with E-state index in [1.807, 2.05) is 48.5 Å². The molecule has 0 spiro atoms. The highest BCUT2D eigenvalue weighted by Crippen LogP contribution is 2.23. The Bertz CT molecular complexity index is 810. The number of nitrogens with zero attached hydrogens (tertiary/aromatic N) is 1. The number of hydrogen-bond donors (Lipinski definition) is 1. The van der Waals surface area contributed by atoms with Crippen LogP contribution >= 0.6 is 0 Å². The van der Waals surface area contributed by atoms with E-state index in [4.69, 9.17) is 9.84 Å². The molecule has 0 saturated carbocycles. The predicted molar refractivity (Wildman–Crippen MR) is 115 cm³/mol. The Hall–Kier alpha value is -2.88. The topological polar surface area (TPSA) is 58.9 Å². The van der Waals surface area contributed by atoms with E-state index < -0.39 is 5.97 Å². The van der Waals surface area contributed by atoms with E-state index in [0.717, 1.165) is 35.2 Å². The van der Waals surface area contributed by atoms with Crippen LogP contribution < -0.4 is 0 Å². The van der Waals surface area contributed by atoms with Crippen LogP contribution in [0.3, 0.4) is 0 Å². The van der Waals surface area contributed by atoms with E-state index in [1.165, 1.54) is 31.8 Å². The summed E-state index contributed by atoms with van der Waals surface area (Å²) in [6.07, 6.45) is 9.71. The van der Waals surface area contributed by atoms with Crippen molar-refractivity contribution in [3.8, 4) is 0 Å².